The summed E-state index contributed by atoms with van der Waals surface area (Å²) in [7, 11) is 0. The van der Waals surface area contributed by atoms with Crippen molar-refractivity contribution in [3.8, 4) is 5.75 Å². The van der Waals surface area contributed by atoms with Gasteiger partial charge in [-0.05, 0) is 30.4 Å². The molecule has 1 saturated carbocycles. The minimum absolute atomic E-state index is 0.0341. The van der Waals surface area contributed by atoms with Gasteiger partial charge in [-0.3, -0.25) is 10.1 Å². The van der Waals surface area contributed by atoms with E-state index in [0.29, 0.717) is 24.2 Å². The molecule has 0 radical (unpaired) electrons. The van der Waals surface area contributed by atoms with E-state index >= 15 is 0 Å². The summed E-state index contributed by atoms with van der Waals surface area (Å²) in [5, 5.41) is 22.6. The summed E-state index contributed by atoms with van der Waals surface area (Å²) in [5.41, 5.74) is 0.0341. The van der Waals surface area contributed by atoms with E-state index in [9.17, 15) is 10.1 Å². The first kappa shape index (κ1) is 18.0. The Bertz CT molecular complexity index is 923. The van der Waals surface area contributed by atoms with E-state index in [1.807, 2.05) is 0 Å². The highest BCUT2D eigenvalue weighted by Gasteiger charge is 2.29. The molecule has 1 aliphatic carbocycles. The van der Waals surface area contributed by atoms with Crippen LogP contribution in [-0.2, 0) is 6.42 Å². The van der Waals surface area contributed by atoms with Gasteiger partial charge in [0.25, 0.3) is 5.69 Å². The quantitative estimate of drug-likeness (QED) is 0.229. The number of nitrogens with zero attached hydrogens (tertiary/aromatic N) is 4. The Labute approximate surface area is 164 Å². The summed E-state index contributed by atoms with van der Waals surface area (Å²) in [6.07, 6.45) is 3.16. The van der Waals surface area contributed by atoms with Gasteiger partial charge in [-0.1, -0.05) is 23.9 Å². The SMILES string of the molecule is O=[N+]([O-])c1cccc(OCCSc2nnc(Cc3cccs3)n2C2CC2)c1. The van der Waals surface area contributed by atoms with E-state index in [2.05, 4.69) is 32.3 Å². The molecule has 0 aliphatic heterocycles. The fraction of sp³-hybridized carbons (Fsp3) is 0.333. The maximum Gasteiger partial charge on any atom is 0.273 e. The van der Waals surface area contributed by atoms with Gasteiger partial charge in [-0.15, -0.1) is 21.5 Å². The third-order valence-electron chi connectivity index (χ3n) is 4.17. The molecule has 27 heavy (non-hydrogen) atoms. The van der Waals surface area contributed by atoms with Gasteiger partial charge in [0.05, 0.1) is 17.6 Å². The van der Waals surface area contributed by atoms with Gasteiger partial charge < -0.3 is 9.30 Å². The predicted molar refractivity (Wildman–Crippen MR) is 105 cm³/mol. The van der Waals surface area contributed by atoms with E-state index < -0.39 is 4.92 Å². The van der Waals surface area contributed by atoms with Gasteiger partial charge in [-0.25, -0.2) is 0 Å². The summed E-state index contributed by atoms with van der Waals surface area (Å²) in [6.45, 7) is 0.448. The first-order chi connectivity index (χ1) is 13.2. The van der Waals surface area contributed by atoms with Crippen molar-refractivity contribution in [2.24, 2.45) is 0 Å². The van der Waals surface area contributed by atoms with Crippen molar-refractivity contribution in [3.05, 3.63) is 62.6 Å². The number of benzene rings is 1. The minimum Gasteiger partial charge on any atom is -0.492 e. The van der Waals surface area contributed by atoms with Crippen molar-refractivity contribution in [1.29, 1.82) is 0 Å². The third-order valence-corrected chi connectivity index (χ3v) is 5.95. The second-order valence-corrected chi connectivity index (χ2v) is 8.30. The van der Waals surface area contributed by atoms with E-state index in [4.69, 9.17) is 4.74 Å². The molecule has 2 aromatic heterocycles. The topological polar surface area (TPSA) is 83.1 Å². The number of ether oxygens (including phenoxy) is 1. The molecule has 4 rings (SSSR count). The maximum absolute atomic E-state index is 10.8. The van der Waals surface area contributed by atoms with Crippen LogP contribution in [0.1, 0.15) is 29.6 Å². The molecule has 7 nitrogen and oxygen atoms in total. The monoisotopic (exact) mass is 402 g/mol. The highest BCUT2D eigenvalue weighted by molar-refractivity contribution is 7.99. The molecule has 0 spiro atoms. The lowest BCUT2D eigenvalue weighted by molar-refractivity contribution is -0.384. The summed E-state index contributed by atoms with van der Waals surface area (Å²) >= 11 is 3.35. The summed E-state index contributed by atoms with van der Waals surface area (Å²) in [6, 6.07) is 10.9. The smallest absolute Gasteiger partial charge is 0.273 e. The number of hydrogen-bond donors (Lipinski definition) is 0. The van der Waals surface area contributed by atoms with Gasteiger partial charge in [0, 0.05) is 29.2 Å². The molecule has 3 aromatic rings. The molecule has 1 aliphatic rings. The first-order valence-electron chi connectivity index (χ1n) is 8.67. The summed E-state index contributed by atoms with van der Waals surface area (Å²) in [4.78, 5) is 11.7. The lowest BCUT2D eigenvalue weighted by Crippen LogP contribution is -2.05. The maximum atomic E-state index is 10.8. The lowest BCUT2D eigenvalue weighted by atomic mass is 10.3. The first-order valence-corrected chi connectivity index (χ1v) is 10.5. The molecule has 0 amide bonds. The van der Waals surface area contributed by atoms with Crippen molar-refractivity contribution >= 4 is 28.8 Å². The number of thiophene rings is 1. The zero-order valence-electron chi connectivity index (χ0n) is 14.5. The van der Waals surface area contributed by atoms with Gasteiger partial charge >= 0.3 is 0 Å². The minimum atomic E-state index is -0.422. The number of non-ortho nitro benzene ring substituents is 1. The molecule has 0 saturated heterocycles. The van der Waals surface area contributed by atoms with Crippen LogP contribution in [-0.4, -0.2) is 32.0 Å². The van der Waals surface area contributed by atoms with Crippen LogP contribution < -0.4 is 4.74 Å². The average Bonchev–Trinajstić information content (AvgIpc) is 3.22. The number of nitro benzene ring substituents is 1. The fourth-order valence-corrected chi connectivity index (χ4v) is 4.32. The number of rotatable bonds is 9. The second kappa shape index (κ2) is 8.10. The zero-order valence-corrected chi connectivity index (χ0v) is 16.1. The highest BCUT2D eigenvalue weighted by Crippen LogP contribution is 2.39. The van der Waals surface area contributed by atoms with E-state index in [0.717, 1.165) is 17.4 Å². The number of aromatic nitrogens is 3. The zero-order chi connectivity index (χ0) is 18.6. The highest BCUT2D eigenvalue weighted by atomic mass is 32.2. The molecule has 0 bridgehead atoms. The number of thioether (sulfide) groups is 1. The Kier molecular flexibility index (Phi) is 5.40. The van der Waals surface area contributed by atoms with Crippen LogP contribution in [0.4, 0.5) is 5.69 Å². The van der Waals surface area contributed by atoms with Gasteiger partial charge in [0.1, 0.15) is 11.6 Å². The van der Waals surface area contributed by atoms with Crippen molar-refractivity contribution in [3.63, 3.8) is 0 Å². The molecule has 1 aromatic carbocycles. The second-order valence-electron chi connectivity index (χ2n) is 6.21. The van der Waals surface area contributed by atoms with Crippen molar-refractivity contribution in [1.82, 2.24) is 14.8 Å². The van der Waals surface area contributed by atoms with Crippen LogP contribution in [0.25, 0.3) is 0 Å². The van der Waals surface area contributed by atoms with Crippen LogP contribution in [0.2, 0.25) is 0 Å². The van der Waals surface area contributed by atoms with E-state index in [-0.39, 0.29) is 5.69 Å². The molecule has 0 unspecified atom stereocenters. The normalized spacial score (nSPS) is 13.6. The Morgan fingerprint density at radius 2 is 2.19 bits per heavy atom. The number of hydrogen-bond acceptors (Lipinski definition) is 7. The third kappa shape index (κ3) is 4.48. The molecule has 0 atom stereocenters. The predicted octanol–water partition coefficient (Wildman–Crippen LogP) is 4.34. The van der Waals surface area contributed by atoms with Crippen molar-refractivity contribution < 1.29 is 9.66 Å². The van der Waals surface area contributed by atoms with Crippen LogP contribution in [0, 0.1) is 10.1 Å². The number of nitro groups is 1. The van der Waals surface area contributed by atoms with Gasteiger partial charge in [-0.2, -0.15) is 0 Å². The summed E-state index contributed by atoms with van der Waals surface area (Å²) < 4.78 is 7.91. The molecular formula is C18H18N4O3S2. The molecule has 1 fully saturated rings. The fourth-order valence-electron chi connectivity index (χ4n) is 2.77. The summed E-state index contributed by atoms with van der Waals surface area (Å²) in [5.74, 6) is 2.22. The molecule has 2 heterocycles. The molecule has 0 N–H and O–H groups in total. The molecule has 9 heteroatoms. The van der Waals surface area contributed by atoms with Crippen molar-refractivity contribution in [2.45, 2.75) is 30.5 Å². The average molecular weight is 403 g/mol. The van der Waals surface area contributed by atoms with Crippen LogP contribution in [0.3, 0.4) is 0 Å². The van der Waals surface area contributed by atoms with Crippen molar-refractivity contribution in [2.75, 3.05) is 12.4 Å². The van der Waals surface area contributed by atoms with Gasteiger partial charge in [0.2, 0.25) is 0 Å². The molecule has 140 valence electrons. The van der Waals surface area contributed by atoms with Crippen LogP contribution in [0.5, 0.6) is 5.75 Å². The van der Waals surface area contributed by atoms with Crippen LogP contribution in [0.15, 0.2) is 46.9 Å². The van der Waals surface area contributed by atoms with E-state index in [1.165, 1.54) is 29.9 Å². The van der Waals surface area contributed by atoms with Crippen LogP contribution >= 0.6 is 23.1 Å². The van der Waals surface area contributed by atoms with Gasteiger partial charge in [0.15, 0.2) is 5.16 Å². The Morgan fingerprint density at radius 1 is 1.30 bits per heavy atom. The Balaban J connectivity index is 1.35. The van der Waals surface area contributed by atoms with E-state index in [1.54, 1.807) is 35.2 Å². The standard InChI is InChI=1S/C18H18N4O3S2/c23-22(24)14-3-1-4-15(11-14)25-8-10-27-18-20-19-17(21(18)13-6-7-13)12-16-5-2-9-26-16/h1-5,9,11,13H,6-8,10,12H2. The molecular weight excluding hydrogens is 384 g/mol. The lowest BCUT2D eigenvalue weighted by Gasteiger charge is -2.09. The Hall–Kier alpha value is -2.39. The Morgan fingerprint density at radius 3 is 2.93 bits per heavy atom. The largest absolute Gasteiger partial charge is 0.492 e.